The fourth-order valence-electron chi connectivity index (χ4n) is 4.00. The van der Waals surface area contributed by atoms with Crippen LogP contribution in [0.3, 0.4) is 0 Å². The summed E-state index contributed by atoms with van der Waals surface area (Å²) < 4.78 is 5.44. The zero-order valence-corrected chi connectivity index (χ0v) is 22.4. The summed E-state index contributed by atoms with van der Waals surface area (Å²) in [6, 6.07) is 35.0. The van der Waals surface area contributed by atoms with E-state index in [1.807, 2.05) is 60.7 Å². The average molecular weight is 497 g/mol. The molecule has 38 heavy (non-hydrogen) atoms. The second-order valence-electron chi connectivity index (χ2n) is 10.0. The first kappa shape index (κ1) is 26.5. The van der Waals surface area contributed by atoms with Crippen molar-refractivity contribution in [3.05, 3.63) is 137 Å². The van der Waals surface area contributed by atoms with E-state index in [2.05, 4.69) is 75.6 Å². The lowest BCUT2D eigenvalue weighted by Crippen LogP contribution is -2.18. The predicted octanol–water partition coefficient (Wildman–Crippen LogP) is 7.95. The van der Waals surface area contributed by atoms with Gasteiger partial charge in [-0.3, -0.25) is 0 Å². The molecule has 0 heterocycles. The Balaban J connectivity index is 1.46. The van der Waals surface area contributed by atoms with Crippen LogP contribution >= 0.6 is 0 Å². The van der Waals surface area contributed by atoms with Crippen molar-refractivity contribution in [2.45, 2.75) is 44.9 Å². The normalized spacial score (nSPS) is 12.2. The Morgan fingerprint density at radius 3 is 1.79 bits per heavy atom. The van der Waals surface area contributed by atoms with Crippen LogP contribution in [-0.4, -0.2) is 5.97 Å². The van der Waals surface area contributed by atoms with Gasteiger partial charge in [-0.25, -0.2) is 4.79 Å². The second-order valence-corrected chi connectivity index (χ2v) is 10.0. The topological polar surface area (TPSA) is 26.3 Å². The summed E-state index contributed by atoms with van der Waals surface area (Å²) in [5.74, 6) is 13.7. The van der Waals surface area contributed by atoms with Gasteiger partial charge in [0, 0.05) is 11.1 Å². The summed E-state index contributed by atoms with van der Waals surface area (Å²) in [4.78, 5) is 12.5. The van der Waals surface area contributed by atoms with Crippen molar-refractivity contribution >= 4 is 5.97 Å². The monoisotopic (exact) mass is 496 g/mol. The maximum Gasteiger partial charge on any atom is 0.343 e. The molecular weight excluding hydrogens is 464 g/mol. The molecule has 188 valence electrons. The van der Waals surface area contributed by atoms with Crippen LogP contribution in [-0.2, 0) is 10.8 Å². The maximum absolute atomic E-state index is 12.5. The highest BCUT2D eigenvalue weighted by Gasteiger charge is 2.22. The Hall–Kier alpha value is -4.53. The maximum atomic E-state index is 12.5. The third kappa shape index (κ3) is 6.61. The van der Waals surface area contributed by atoms with Gasteiger partial charge in [0.15, 0.2) is 0 Å². The molecule has 0 fully saturated rings. The quantitative estimate of drug-likeness (QED) is 0.159. The molecule has 4 aromatic rings. The average Bonchev–Trinajstić information content (AvgIpc) is 2.96. The van der Waals surface area contributed by atoms with Crippen molar-refractivity contribution < 1.29 is 9.53 Å². The molecule has 0 radical (unpaired) electrons. The molecule has 0 aliphatic carbocycles. The van der Waals surface area contributed by atoms with Gasteiger partial charge < -0.3 is 4.74 Å². The van der Waals surface area contributed by atoms with Gasteiger partial charge in [-0.2, -0.15) is 0 Å². The lowest BCUT2D eigenvalue weighted by atomic mass is 9.80. The summed E-state index contributed by atoms with van der Waals surface area (Å²) in [5.41, 5.74) is 4.09. The summed E-state index contributed by atoms with van der Waals surface area (Å²) in [7, 11) is 0. The molecule has 0 saturated heterocycles. The zero-order valence-electron chi connectivity index (χ0n) is 22.4. The molecule has 1 unspecified atom stereocenters. The van der Waals surface area contributed by atoms with E-state index < -0.39 is 0 Å². The number of hydrogen-bond donors (Lipinski definition) is 0. The highest BCUT2D eigenvalue weighted by molar-refractivity contribution is 5.91. The molecular formula is C36H32O2. The Morgan fingerprint density at radius 2 is 1.18 bits per heavy atom. The Bertz CT molecular complexity index is 1490. The standard InChI is InChI=1S/C36H32O2/c1-5-36(4,27-25-28-12-8-6-9-13-28)32-20-16-29(17-21-32)24-26-35(2,3)31-22-18-30(19-23-31)34(37)38-33-14-10-7-11-15-33/h6-23H,5H2,1-4H3. The van der Waals surface area contributed by atoms with Crippen LogP contribution in [0.15, 0.2) is 109 Å². The molecule has 0 bridgehead atoms. The van der Waals surface area contributed by atoms with E-state index in [0.29, 0.717) is 11.3 Å². The SMILES string of the molecule is CCC(C)(C#Cc1ccccc1)c1ccc(C#CC(C)(C)c2ccc(C(=O)Oc3ccccc3)cc2)cc1. The Kier molecular flexibility index (Phi) is 8.15. The van der Waals surface area contributed by atoms with E-state index in [1.54, 1.807) is 24.3 Å². The van der Waals surface area contributed by atoms with Crippen LogP contribution in [0.25, 0.3) is 0 Å². The second kappa shape index (κ2) is 11.7. The van der Waals surface area contributed by atoms with E-state index in [1.165, 1.54) is 5.56 Å². The lowest BCUT2D eigenvalue weighted by Gasteiger charge is -2.22. The number of benzene rings is 4. The van der Waals surface area contributed by atoms with Crippen molar-refractivity contribution in [3.63, 3.8) is 0 Å². The van der Waals surface area contributed by atoms with Crippen LogP contribution in [0.5, 0.6) is 5.75 Å². The first-order valence-electron chi connectivity index (χ1n) is 12.9. The van der Waals surface area contributed by atoms with Crippen LogP contribution in [0.2, 0.25) is 0 Å². The van der Waals surface area contributed by atoms with Gasteiger partial charge in [-0.05, 0) is 86.8 Å². The van der Waals surface area contributed by atoms with Crippen LogP contribution in [0, 0.1) is 23.7 Å². The van der Waals surface area contributed by atoms with Crippen molar-refractivity contribution in [3.8, 4) is 29.4 Å². The van der Waals surface area contributed by atoms with Crippen LogP contribution in [0.4, 0.5) is 0 Å². The van der Waals surface area contributed by atoms with E-state index in [0.717, 1.165) is 23.1 Å². The Morgan fingerprint density at radius 1 is 0.658 bits per heavy atom. The molecule has 2 nitrogen and oxygen atoms in total. The van der Waals surface area contributed by atoms with Crippen molar-refractivity contribution in [2.75, 3.05) is 0 Å². The molecule has 2 heteroatoms. The van der Waals surface area contributed by atoms with Gasteiger partial charge >= 0.3 is 5.97 Å². The minimum atomic E-state index is -0.389. The fourth-order valence-corrected chi connectivity index (χ4v) is 4.00. The summed E-state index contributed by atoms with van der Waals surface area (Å²) in [6.45, 7) is 8.52. The number of rotatable bonds is 5. The van der Waals surface area contributed by atoms with Gasteiger partial charge in [-0.15, -0.1) is 0 Å². The molecule has 4 aromatic carbocycles. The number of ether oxygens (including phenoxy) is 1. The number of para-hydroxylation sites is 1. The largest absolute Gasteiger partial charge is 0.423 e. The van der Waals surface area contributed by atoms with Crippen molar-refractivity contribution in [1.82, 2.24) is 0 Å². The van der Waals surface area contributed by atoms with E-state index >= 15 is 0 Å². The van der Waals surface area contributed by atoms with Gasteiger partial charge in [0.1, 0.15) is 5.75 Å². The highest BCUT2D eigenvalue weighted by Crippen LogP contribution is 2.28. The molecule has 0 amide bonds. The fraction of sp³-hybridized carbons (Fsp3) is 0.194. The van der Waals surface area contributed by atoms with E-state index in [-0.39, 0.29) is 16.8 Å². The minimum Gasteiger partial charge on any atom is -0.423 e. The minimum absolute atomic E-state index is 0.232. The molecule has 0 aromatic heterocycles. The lowest BCUT2D eigenvalue weighted by molar-refractivity contribution is 0.0734. The van der Waals surface area contributed by atoms with Gasteiger partial charge in [0.25, 0.3) is 0 Å². The van der Waals surface area contributed by atoms with E-state index in [4.69, 9.17) is 4.74 Å². The number of carbonyl (C=O) groups is 1. The number of hydrogen-bond acceptors (Lipinski definition) is 2. The van der Waals surface area contributed by atoms with Crippen molar-refractivity contribution in [1.29, 1.82) is 0 Å². The molecule has 0 N–H and O–H groups in total. The third-order valence-electron chi connectivity index (χ3n) is 6.80. The smallest absolute Gasteiger partial charge is 0.343 e. The molecule has 0 spiro atoms. The summed E-state index contributed by atoms with van der Waals surface area (Å²) >= 11 is 0. The van der Waals surface area contributed by atoms with Gasteiger partial charge in [-0.1, -0.05) is 91.3 Å². The predicted molar refractivity (Wildman–Crippen MR) is 155 cm³/mol. The first-order valence-corrected chi connectivity index (χ1v) is 12.9. The Labute approximate surface area is 226 Å². The molecule has 4 rings (SSSR count). The van der Waals surface area contributed by atoms with Crippen LogP contribution in [0.1, 0.15) is 66.7 Å². The summed E-state index contributed by atoms with van der Waals surface area (Å²) in [6.07, 6.45) is 0.916. The van der Waals surface area contributed by atoms with Crippen molar-refractivity contribution in [2.24, 2.45) is 0 Å². The molecule has 0 aliphatic heterocycles. The molecule has 0 aliphatic rings. The number of carbonyl (C=O) groups excluding carboxylic acids is 1. The van der Waals surface area contributed by atoms with Crippen LogP contribution < -0.4 is 4.74 Å². The molecule has 1 atom stereocenters. The first-order chi connectivity index (χ1) is 18.3. The van der Waals surface area contributed by atoms with Gasteiger partial charge in [0.05, 0.1) is 16.4 Å². The zero-order chi connectivity index (χ0) is 27.0. The molecule has 0 saturated carbocycles. The number of esters is 1. The third-order valence-corrected chi connectivity index (χ3v) is 6.80. The van der Waals surface area contributed by atoms with E-state index in [9.17, 15) is 4.79 Å². The van der Waals surface area contributed by atoms with Gasteiger partial charge in [0.2, 0.25) is 0 Å². The highest BCUT2D eigenvalue weighted by atomic mass is 16.5. The summed E-state index contributed by atoms with van der Waals surface area (Å²) in [5, 5.41) is 0.